The number of aryl methyl sites for hydroxylation is 1. The van der Waals surface area contributed by atoms with E-state index in [1.165, 1.54) is 25.3 Å². The van der Waals surface area contributed by atoms with Crippen LogP contribution in [0.5, 0.6) is 0 Å². The molecule has 1 saturated carbocycles. The van der Waals surface area contributed by atoms with Crippen LogP contribution in [0, 0.1) is 18.8 Å². The minimum absolute atomic E-state index is 0.0226. The van der Waals surface area contributed by atoms with Crippen molar-refractivity contribution in [3.8, 4) is 0 Å². The average Bonchev–Trinajstić information content (AvgIpc) is 2.97. The van der Waals surface area contributed by atoms with Crippen LogP contribution in [-0.2, 0) is 0 Å². The minimum atomic E-state index is -0.985. The molecule has 1 N–H and O–H groups in total. The van der Waals surface area contributed by atoms with Crippen molar-refractivity contribution >= 4 is 11.9 Å². The second-order valence-corrected chi connectivity index (χ2v) is 6.05. The Morgan fingerprint density at radius 2 is 1.70 bits per heavy atom. The number of carbonyl (C=O) groups excluding carboxylic acids is 1. The molecule has 0 bridgehead atoms. The Kier molecular flexibility index (Phi) is 3.24. The predicted octanol–water partition coefficient (Wildman–Crippen LogP) is 2.57. The molecule has 0 spiro atoms. The molecule has 1 heterocycles. The molecule has 1 aromatic carbocycles. The summed E-state index contributed by atoms with van der Waals surface area (Å²) in [5.74, 6) is 0.303. The van der Waals surface area contributed by atoms with E-state index in [9.17, 15) is 9.59 Å². The zero-order valence-electron chi connectivity index (χ0n) is 11.6. The number of carboxylic acid groups (broad SMARTS) is 1. The third-order valence-electron chi connectivity index (χ3n) is 4.58. The average molecular weight is 273 g/mol. The Balaban J connectivity index is 1.82. The number of hydrogen-bond acceptors (Lipinski definition) is 2. The van der Waals surface area contributed by atoms with E-state index in [0.29, 0.717) is 17.4 Å². The van der Waals surface area contributed by atoms with Crippen LogP contribution in [0.25, 0.3) is 0 Å². The summed E-state index contributed by atoms with van der Waals surface area (Å²) in [5, 5.41) is 9.09. The van der Waals surface area contributed by atoms with Crippen LogP contribution in [0.2, 0.25) is 0 Å². The molecule has 106 valence electrons. The largest absolute Gasteiger partial charge is 0.478 e. The van der Waals surface area contributed by atoms with Gasteiger partial charge in [0.15, 0.2) is 0 Å². The summed E-state index contributed by atoms with van der Waals surface area (Å²) in [7, 11) is 0. The second-order valence-electron chi connectivity index (χ2n) is 6.05. The highest BCUT2D eigenvalue weighted by Gasteiger charge is 2.38. The first-order chi connectivity index (χ1) is 9.54. The summed E-state index contributed by atoms with van der Waals surface area (Å²) >= 11 is 0. The van der Waals surface area contributed by atoms with Crippen molar-refractivity contribution in [3.63, 3.8) is 0 Å². The maximum atomic E-state index is 12.5. The van der Waals surface area contributed by atoms with Crippen molar-refractivity contribution in [1.82, 2.24) is 4.90 Å². The standard InChI is InChI=1S/C16H19NO3/c1-10-5-13(7-14(6-10)16(19)20)15(18)17-8-11-3-2-4-12(11)9-17/h5-7,11-12H,2-4,8-9H2,1H3,(H,19,20). The number of benzene rings is 1. The van der Waals surface area contributed by atoms with Crippen molar-refractivity contribution in [2.75, 3.05) is 13.1 Å². The van der Waals surface area contributed by atoms with E-state index in [2.05, 4.69) is 0 Å². The number of carbonyl (C=O) groups is 2. The van der Waals surface area contributed by atoms with Gasteiger partial charge in [-0.2, -0.15) is 0 Å². The van der Waals surface area contributed by atoms with Crippen molar-refractivity contribution in [2.24, 2.45) is 11.8 Å². The molecule has 2 aliphatic rings. The summed E-state index contributed by atoms with van der Waals surface area (Å²) < 4.78 is 0. The summed E-state index contributed by atoms with van der Waals surface area (Å²) in [6.07, 6.45) is 3.73. The molecule has 4 nitrogen and oxygen atoms in total. The SMILES string of the molecule is Cc1cc(C(=O)O)cc(C(=O)N2CC3CCCC3C2)c1. The monoisotopic (exact) mass is 273 g/mol. The van der Waals surface area contributed by atoms with Crippen LogP contribution in [0.4, 0.5) is 0 Å². The first-order valence-electron chi connectivity index (χ1n) is 7.19. The van der Waals surface area contributed by atoms with E-state index in [0.717, 1.165) is 18.7 Å². The van der Waals surface area contributed by atoms with Gasteiger partial charge >= 0.3 is 5.97 Å². The van der Waals surface area contributed by atoms with Gasteiger partial charge in [-0.25, -0.2) is 4.79 Å². The first kappa shape index (κ1) is 13.2. The van der Waals surface area contributed by atoms with Crippen LogP contribution >= 0.6 is 0 Å². The van der Waals surface area contributed by atoms with Crippen LogP contribution in [-0.4, -0.2) is 35.0 Å². The van der Waals surface area contributed by atoms with Gasteiger partial charge in [0.1, 0.15) is 0 Å². The Morgan fingerprint density at radius 1 is 1.10 bits per heavy atom. The maximum Gasteiger partial charge on any atom is 0.335 e. The lowest BCUT2D eigenvalue weighted by atomic mass is 10.0. The summed E-state index contributed by atoms with van der Waals surface area (Å²) in [5.41, 5.74) is 1.50. The van der Waals surface area contributed by atoms with Gasteiger partial charge in [0, 0.05) is 18.7 Å². The highest BCUT2D eigenvalue weighted by Crippen LogP contribution is 2.38. The van der Waals surface area contributed by atoms with Gasteiger partial charge in [-0.05, 0) is 55.4 Å². The third kappa shape index (κ3) is 2.30. The van der Waals surface area contributed by atoms with Crippen LogP contribution in [0.1, 0.15) is 45.5 Å². The zero-order chi connectivity index (χ0) is 14.3. The van der Waals surface area contributed by atoms with Crippen molar-refractivity contribution in [2.45, 2.75) is 26.2 Å². The molecular formula is C16H19NO3. The number of aromatic carboxylic acids is 1. The topological polar surface area (TPSA) is 57.6 Å². The molecule has 1 aliphatic carbocycles. The lowest BCUT2D eigenvalue weighted by Gasteiger charge is -2.18. The highest BCUT2D eigenvalue weighted by molar-refractivity contribution is 5.98. The minimum Gasteiger partial charge on any atom is -0.478 e. The Bertz CT molecular complexity index is 555. The molecule has 1 amide bonds. The first-order valence-corrected chi connectivity index (χ1v) is 7.19. The van der Waals surface area contributed by atoms with E-state index in [1.54, 1.807) is 12.1 Å². The van der Waals surface area contributed by atoms with E-state index in [1.807, 2.05) is 11.8 Å². The number of hydrogen-bond donors (Lipinski definition) is 1. The van der Waals surface area contributed by atoms with Crippen molar-refractivity contribution < 1.29 is 14.7 Å². The fourth-order valence-electron chi connectivity index (χ4n) is 3.61. The molecule has 0 aromatic heterocycles. The molecule has 1 saturated heterocycles. The fraction of sp³-hybridized carbons (Fsp3) is 0.500. The zero-order valence-corrected chi connectivity index (χ0v) is 11.6. The number of amides is 1. The number of rotatable bonds is 2. The molecule has 3 rings (SSSR count). The van der Waals surface area contributed by atoms with Crippen LogP contribution < -0.4 is 0 Å². The number of carboxylic acids is 1. The third-order valence-corrected chi connectivity index (χ3v) is 4.58. The molecule has 1 aromatic rings. The van der Waals surface area contributed by atoms with Gasteiger partial charge in [0.25, 0.3) is 5.91 Å². The van der Waals surface area contributed by atoms with Gasteiger partial charge in [-0.15, -0.1) is 0 Å². The van der Waals surface area contributed by atoms with Crippen LogP contribution in [0.3, 0.4) is 0 Å². The predicted molar refractivity (Wildman–Crippen MR) is 74.9 cm³/mol. The van der Waals surface area contributed by atoms with Crippen LogP contribution in [0.15, 0.2) is 18.2 Å². The quantitative estimate of drug-likeness (QED) is 0.901. The molecule has 1 aliphatic heterocycles. The van der Waals surface area contributed by atoms with Gasteiger partial charge in [0.2, 0.25) is 0 Å². The van der Waals surface area contributed by atoms with Crippen molar-refractivity contribution in [3.05, 3.63) is 34.9 Å². The van der Waals surface area contributed by atoms with E-state index in [-0.39, 0.29) is 11.5 Å². The summed E-state index contributed by atoms with van der Waals surface area (Å²) in [6.45, 7) is 3.49. The number of likely N-dealkylation sites (tertiary alicyclic amines) is 1. The summed E-state index contributed by atoms with van der Waals surface area (Å²) in [4.78, 5) is 25.5. The molecule has 20 heavy (non-hydrogen) atoms. The fourth-order valence-corrected chi connectivity index (χ4v) is 3.61. The lowest BCUT2D eigenvalue weighted by molar-refractivity contribution is 0.0696. The number of nitrogens with zero attached hydrogens (tertiary/aromatic N) is 1. The van der Waals surface area contributed by atoms with Gasteiger partial charge in [-0.3, -0.25) is 4.79 Å². The molecule has 4 heteroatoms. The lowest BCUT2D eigenvalue weighted by Crippen LogP contribution is -2.29. The Hall–Kier alpha value is -1.84. The normalized spacial score (nSPS) is 24.8. The second kappa shape index (κ2) is 4.93. The maximum absolute atomic E-state index is 12.5. The smallest absolute Gasteiger partial charge is 0.335 e. The highest BCUT2D eigenvalue weighted by atomic mass is 16.4. The molecule has 2 fully saturated rings. The van der Waals surface area contributed by atoms with E-state index < -0.39 is 5.97 Å². The molecule has 2 atom stereocenters. The summed E-state index contributed by atoms with van der Waals surface area (Å²) in [6, 6.07) is 4.87. The van der Waals surface area contributed by atoms with Gasteiger partial charge in [-0.1, -0.05) is 6.42 Å². The Labute approximate surface area is 118 Å². The molecule has 2 unspecified atom stereocenters. The Morgan fingerprint density at radius 3 is 2.30 bits per heavy atom. The molecular weight excluding hydrogens is 254 g/mol. The number of fused-ring (bicyclic) bond motifs is 1. The van der Waals surface area contributed by atoms with Crippen molar-refractivity contribution in [1.29, 1.82) is 0 Å². The van der Waals surface area contributed by atoms with Gasteiger partial charge in [0.05, 0.1) is 5.56 Å². The molecule has 0 radical (unpaired) electrons. The van der Waals surface area contributed by atoms with E-state index in [4.69, 9.17) is 5.11 Å². The van der Waals surface area contributed by atoms with E-state index >= 15 is 0 Å². The van der Waals surface area contributed by atoms with Gasteiger partial charge < -0.3 is 10.0 Å².